The van der Waals surface area contributed by atoms with E-state index in [1.54, 1.807) is 11.1 Å². The molecule has 2 aromatic rings. The van der Waals surface area contributed by atoms with E-state index in [0.29, 0.717) is 0 Å². The van der Waals surface area contributed by atoms with E-state index in [1.807, 2.05) is 18.3 Å². The van der Waals surface area contributed by atoms with Gasteiger partial charge in [-0.25, -0.2) is 12.1 Å². The van der Waals surface area contributed by atoms with Crippen LogP contribution < -0.4 is 24.8 Å². The van der Waals surface area contributed by atoms with Gasteiger partial charge in [0, 0.05) is 0 Å². The van der Waals surface area contributed by atoms with Gasteiger partial charge >= 0.3 is 21.7 Å². The number of nitrogens with one attached hydrogen (secondary N) is 1. The maximum atomic E-state index is 2.74. The van der Waals surface area contributed by atoms with Crippen LogP contribution in [0.2, 0.25) is 0 Å². The number of H-pyrrole nitrogens is 1. The van der Waals surface area contributed by atoms with Crippen molar-refractivity contribution in [2.24, 2.45) is 0 Å². The molecule has 1 aliphatic rings. The van der Waals surface area contributed by atoms with E-state index in [-0.39, 0.29) is 46.5 Å². The second-order valence-electron chi connectivity index (χ2n) is 2.89. The minimum absolute atomic E-state index is 0. The second-order valence-corrected chi connectivity index (χ2v) is 2.89. The van der Waals surface area contributed by atoms with Crippen molar-refractivity contribution >= 4 is 0 Å². The molecule has 0 saturated carbocycles. The number of aromatic amines is 1. The first-order valence-electron chi connectivity index (χ1n) is 4.20. The summed E-state index contributed by atoms with van der Waals surface area (Å²) in [5, 5.41) is 0. The molecule has 0 fully saturated rings. The topological polar surface area (TPSA) is 15.8 Å². The molecule has 0 spiro atoms. The van der Waals surface area contributed by atoms with Gasteiger partial charge in [-0.15, -0.1) is 6.20 Å². The third-order valence-corrected chi connectivity index (χ3v) is 2.11. The van der Waals surface area contributed by atoms with Crippen LogP contribution in [-0.2, 0) is 34.6 Å². The molecule has 78 valence electrons. The van der Waals surface area contributed by atoms with Crippen LogP contribution >= 0.6 is 0 Å². The number of aromatic nitrogens is 1. The minimum atomic E-state index is 0. The zero-order valence-electron chi connectivity index (χ0n) is 8.13. The zero-order valence-corrected chi connectivity index (χ0v) is 11.2. The Hall–Kier alpha value is -0.0757. The van der Waals surface area contributed by atoms with Crippen molar-refractivity contribution in [1.29, 1.82) is 0 Å². The Morgan fingerprint density at radius 3 is 2.27 bits per heavy atom. The van der Waals surface area contributed by atoms with E-state index in [1.165, 1.54) is 12.8 Å². The maximum absolute atomic E-state index is 2.74. The van der Waals surface area contributed by atoms with Crippen LogP contribution in [0.5, 0.6) is 0 Å². The summed E-state index contributed by atoms with van der Waals surface area (Å²) < 4.78 is 0. The van der Waals surface area contributed by atoms with Gasteiger partial charge in [0.25, 0.3) is 0 Å². The third kappa shape index (κ3) is 4.99. The van der Waals surface area contributed by atoms with E-state index in [0.717, 1.165) is 0 Å². The van der Waals surface area contributed by atoms with Gasteiger partial charge in [0.15, 0.2) is 0 Å². The Kier molecular flexibility index (Phi) is 10.6. The average molecular weight is 276 g/mol. The molecule has 0 atom stereocenters. The number of hydrogen-bond donors (Lipinski definition) is 1. The first-order valence-corrected chi connectivity index (χ1v) is 4.20. The van der Waals surface area contributed by atoms with Crippen LogP contribution in [0, 0.1) is 6.20 Å². The number of fused-ring (bicyclic) bond motifs is 1. The maximum Gasteiger partial charge on any atom is 4.00 e. The van der Waals surface area contributed by atoms with Crippen LogP contribution in [0.3, 0.4) is 0 Å². The summed E-state index contributed by atoms with van der Waals surface area (Å²) >= 11 is 0. The van der Waals surface area contributed by atoms with E-state index in [9.17, 15) is 0 Å². The van der Waals surface area contributed by atoms with Crippen molar-refractivity contribution in [2.75, 3.05) is 0 Å². The normalized spacial score (nSPS) is 9.87. The Labute approximate surface area is 118 Å². The minimum Gasteiger partial charge on any atom is -1.00 e. The molecule has 0 amide bonds. The Morgan fingerprint density at radius 2 is 2.07 bits per heavy atom. The van der Waals surface area contributed by atoms with Crippen molar-refractivity contribution in [3.8, 4) is 0 Å². The molecule has 1 nitrogen and oxygen atoms in total. The Balaban J connectivity index is 0. The molecule has 15 heavy (non-hydrogen) atoms. The van der Waals surface area contributed by atoms with Crippen molar-refractivity contribution in [3.05, 3.63) is 53.9 Å². The molecular formula is C11H11Cl2NTi. The molecule has 1 aromatic carbocycles. The van der Waals surface area contributed by atoms with E-state index in [2.05, 4.69) is 29.4 Å². The van der Waals surface area contributed by atoms with E-state index >= 15 is 0 Å². The standard InChI is InChI=1S/C7H7.C4H4N.2ClH.Ti/c1-2-6-4-5-7(6)3-1;1-2-4-5-3-1;;;/h1-3H,4-5H2;1-3,5H;2*1H;/q2*-1;;;+4/p-2. The van der Waals surface area contributed by atoms with Gasteiger partial charge < -0.3 is 29.8 Å². The molecule has 0 radical (unpaired) electrons. The van der Waals surface area contributed by atoms with Gasteiger partial charge in [0.05, 0.1) is 0 Å². The second kappa shape index (κ2) is 9.17. The van der Waals surface area contributed by atoms with Crippen LogP contribution in [-0.4, -0.2) is 4.98 Å². The zero-order chi connectivity index (χ0) is 8.23. The molecule has 0 unspecified atom stereocenters. The SMILES string of the molecule is [Cl-].[Cl-].[Ti+4].[c-]1ccc[nH]1.c1cc2[c-](c1)CC2. The molecule has 0 bridgehead atoms. The molecule has 1 aromatic heterocycles. The summed E-state index contributed by atoms with van der Waals surface area (Å²) in [6, 6.07) is 10.3. The van der Waals surface area contributed by atoms with E-state index < -0.39 is 0 Å². The smallest absolute Gasteiger partial charge is 1.00 e. The van der Waals surface area contributed by atoms with Crippen LogP contribution in [0.1, 0.15) is 11.1 Å². The predicted octanol–water partition coefficient (Wildman–Crippen LogP) is -3.68. The first kappa shape index (κ1) is 17.3. The summed E-state index contributed by atoms with van der Waals surface area (Å²) in [7, 11) is 0. The largest absolute Gasteiger partial charge is 4.00 e. The number of halogens is 2. The Bertz CT molecular complexity index is 294. The fourth-order valence-corrected chi connectivity index (χ4v) is 1.32. The summed E-state index contributed by atoms with van der Waals surface area (Å²) in [4.78, 5) is 2.74. The molecule has 1 heterocycles. The number of hydrogen-bond acceptors (Lipinski definition) is 0. The molecule has 0 aliphatic heterocycles. The monoisotopic (exact) mass is 275 g/mol. The van der Waals surface area contributed by atoms with Gasteiger partial charge in [-0.2, -0.15) is 35.5 Å². The summed E-state index contributed by atoms with van der Waals surface area (Å²) in [5.74, 6) is 0. The predicted molar refractivity (Wildman–Crippen MR) is 49.1 cm³/mol. The quantitative estimate of drug-likeness (QED) is 0.377. The van der Waals surface area contributed by atoms with Crippen molar-refractivity contribution < 1.29 is 46.5 Å². The van der Waals surface area contributed by atoms with E-state index in [4.69, 9.17) is 0 Å². The summed E-state index contributed by atoms with van der Waals surface area (Å²) in [6.07, 6.45) is 7.20. The van der Waals surface area contributed by atoms with Crippen LogP contribution in [0.25, 0.3) is 0 Å². The molecular weight excluding hydrogens is 265 g/mol. The van der Waals surface area contributed by atoms with Gasteiger partial charge in [0.2, 0.25) is 0 Å². The average Bonchev–Trinajstić information content (AvgIpc) is 2.64. The number of aryl methyl sites for hydroxylation is 2. The first-order chi connectivity index (χ1) is 5.97. The summed E-state index contributed by atoms with van der Waals surface area (Å²) in [5.41, 5.74) is 3.14. The van der Waals surface area contributed by atoms with Gasteiger partial charge in [-0.3, -0.25) is 0 Å². The van der Waals surface area contributed by atoms with Crippen LogP contribution in [0.15, 0.2) is 36.5 Å². The fraction of sp³-hybridized carbons (Fsp3) is 0.182. The molecule has 1 N–H and O–H groups in total. The molecule has 3 rings (SSSR count). The van der Waals surface area contributed by atoms with Gasteiger partial charge in [-0.1, -0.05) is 12.8 Å². The third-order valence-electron chi connectivity index (χ3n) is 2.11. The Morgan fingerprint density at radius 1 is 1.27 bits per heavy atom. The van der Waals surface area contributed by atoms with Gasteiger partial charge in [0.1, 0.15) is 0 Å². The molecule has 1 aliphatic carbocycles. The molecule has 4 heteroatoms. The fourth-order valence-electron chi connectivity index (χ4n) is 1.32. The van der Waals surface area contributed by atoms with Crippen molar-refractivity contribution in [3.63, 3.8) is 0 Å². The van der Waals surface area contributed by atoms with Gasteiger partial charge in [-0.05, 0) is 0 Å². The number of rotatable bonds is 0. The van der Waals surface area contributed by atoms with Crippen molar-refractivity contribution in [2.45, 2.75) is 12.8 Å². The van der Waals surface area contributed by atoms with Crippen molar-refractivity contribution in [1.82, 2.24) is 4.98 Å². The molecule has 0 saturated heterocycles. The summed E-state index contributed by atoms with van der Waals surface area (Å²) in [6.45, 7) is 0. The van der Waals surface area contributed by atoms with Crippen LogP contribution in [0.4, 0.5) is 0 Å².